The number of nitrogens with zero attached hydrogens (tertiary/aromatic N) is 2. The molecule has 0 spiro atoms. The van der Waals surface area contributed by atoms with E-state index in [1.807, 2.05) is 30.0 Å². The molecule has 3 fully saturated rings. The molecule has 1 aromatic carbocycles. The molecular formula is C23H30N2O4. The van der Waals surface area contributed by atoms with Crippen LogP contribution in [-0.4, -0.2) is 71.3 Å². The Bertz CT molecular complexity index is 786. The first-order valence-electron chi connectivity index (χ1n) is 10.8. The van der Waals surface area contributed by atoms with E-state index in [2.05, 4.69) is 17.0 Å². The van der Waals surface area contributed by atoms with Crippen LogP contribution in [0.15, 0.2) is 36.1 Å². The van der Waals surface area contributed by atoms with Crippen molar-refractivity contribution in [2.45, 2.75) is 56.3 Å². The zero-order chi connectivity index (χ0) is 20.0. The van der Waals surface area contributed by atoms with Gasteiger partial charge in [0.25, 0.3) is 5.91 Å². The fraction of sp³-hybridized carbons (Fsp3) is 0.609. The van der Waals surface area contributed by atoms with Gasteiger partial charge in [-0.25, -0.2) is 0 Å². The molecule has 2 aliphatic carbocycles. The summed E-state index contributed by atoms with van der Waals surface area (Å²) in [7, 11) is 0. The fourth-order valence-corrected chi connectivity index (χ4v) is 4.60. The van der Waals surface area contributed by atoms with Crippen LogP contribution in [0, 0.1) is 0 Å². The Labute approximate surface area is 172 Å². The van der Waals surface area contributed by atoms with Gasteiger partial charge in [0.2, 0.25) is 0 Å². The van der Waals surface area contributed by atoms with Crippen LogP contribution in [0.2, 0.25) is 0 Å². The maximum Gasteiger partial charge on any atom is 0.289 e. The molecule has 0 aromatic heterocycles. The van der Waals surface area contributed by atoms with Crippen molar-refractivity contribution in [2.75, 3.05) is 32.8 Å². The average molecular weight is 399 g/mol. The standard InChI is InChI=1S/C23H30N2O4/c1-23(27)14-24(15-23)10-11-28-20-12-18(13-20)25-9-8-21(22(25)26)29-19-6-4-17(5-7-19)16-2-3-16/h4-8,16,18,20,27H,2-3,9-15H2,1H3/t18-,20+. The van der Waals surface area contributed by atoms with Gasteiger partial charge < -0.3 is 19.5 Å². The van der Waals surface area contributed by atoms with Crippen LogP contribution in [0.1, 0.15) is 44.1 Å². The maximum absolute atomic E-state index is 12.7. The van der Waals surface area contributed by atoms with Gasteiger partial charge in [-0.3, -0.25) is 9.69 Å². The molecule has 6 heteroatoms. The molecule has 4 aliphatic rings. The van der Waals surface area contributed by atoms with Gasteiger partial charge in [-0.15, -0.1) is 0 Å². The third-order valence-electron chi connectivity index (χ3n) is 6.50. The second-order valence-electron chi connectivity index (χ2n) is 9.30. The average Bonchev–Trinajstić information content (AvgIpc) is 3.42. The predicted molar refractivity (Wildman–Crippen MR) is 109 cm³/mol. The lowest BCUT2D eigenvalue weighted by Crippen LogP contribution is -2.60. The zero-order valence-corrected chi connectivity index (χ0v) is 17.0. The number of carbonyl (C=O) groups excluding carboxylic acids is 1. The summed E-state index contributed by atoms with van der Waals surface area (Å²) in [6.45, 7) is 5.48. The number of hydrogen-bond acceptors (Lipinski definition) is 5. The number of benzene rings is 1. The van der Waals surface area contributed by atoms with Gasteiger partial charge in [0.1, 0.15) is 5.75 Å². The van der Waals surface area contributed by atoms with E-state index in [1.54, 1.807) is 0 Å². The van der Waals surface area contributed by atoms with Crippen molar-refractivity contribution in [3.63, 3.8) is 0 Å². The number of aliphatic hydroxyl groups is 1. The minimum Gasteiger partial charge on any atom is -0.452 e. The Hall–Kier alpha value is -1.89. The second kappa shape index (κ2) is 7.42. The van der Waals surface area contributed by atoms with Crippen molar-refractivity contribution >= 4 is 5.91 Å². The summed E-state index contributed by atoms with van der Waals surface area (Å²) in [6.07, 6.45) is 6.47. The van der Waals surface area contributed by atoms with E-state index >= 15 is 0 Å². The molecule has 2 aliphatic heterocycles. The highest BCUT2D eigenvalue weighted by Crippen LogP contribution is 2.40. The van der Waals surface area contributed by atoms with Crippen LogP contribution in [-0.2, 0) is 9.53 Å². The smallest absolute Gasteiger partial charge is 0.289 e. The highest BCUT2D eigenvalue weighted by Gasteiger charge is 2.40. The van der Waals surface area contributed by atoms with E-state index in [1.165, 1.54) is 18.4 Å². The Morgan fingerprint density at radius 2 is 1.90 bits per heavy atom. The van der Waals surface area contributed by atoms with Crippen LogP contribution in [0.25, 0.3) is 0 Å². The van der Waals surface area contributed by atoms with Crippen molar-refractivity contribution in [1.82, 2.24) is 9.80 Å². The van der Waals surface area contributed by atoms with Crippen LogP contribution >= 0.6 is 0 Å². The van der Waals surface area contributed by atoms with Gasteiger partial charge in [-0.2, -0.15) is 0 Å². The fourth-order valence-electron chi connectivity index (χ4n) is 4.60. The quantitative estimate of drug-likeness (QED) is 0.728. The summed E-state index contributed by atoms with van der Waals surface area (Å²) in [5, 5.41) is 9.75. The van der Waals surface area contributed by atoms with Crippen molar-refractivity contribution in [1.29, 1.82) is 0 Å². The molecule has 0 unspecified atom stereocenters. The molecule has 29 heavy (non-hydrogen) atoms. The second-order valence-corrected chi connectivity index (χ2v) is 9.30. The van der Waals surface area contributed by atoms with Gasteiger partial charge >= 0.3 is 0 Å². The predicted octanol–water partition coefficient (Wildman–Crippen LogP) is 2.28. The molecule has 1 N–H and O–H groups in total. The Morgan fingerprint density at radius 3 is 2.55 bits per heavy atom. The first-order chi connectivity index (χ1) is 14.0. The molecule has 0 bridgehead atoms. The largest absolute Gasteiger partial charge is 0.452 e. The van der Waals surface area contributed by atoms with E-state index in [0.29, 0.717) is 18.9 Å². The van der Waals surface area contributed by atoms with Crippen molar-refractivity contribution < 1.29 is 19.4 Å². The summed E-state index contributed by atoms with van der Waals surface area (Å²) < 4.78 is 11.8. The van der Waals surface area contributed by atoms with E-state index in [-0.39, 0.29) is 18.1 Å². The number of β-amino-alcohol motifs (C(OH)–C–C–N with tert-alkyl or cyclic N) is 1. The van der Waals surface area contributed by atoms with Crippen LogP contribution in [0.4, 0.5) is 0 Å². The molecule has 0 radical (unpaired) electrons. The number of ether oxygens (including phenoxy) is 2. The lowest BCUT2D eigenvalue weighted by Gasteiger charge is -2.45. The van der Waals surface area contributed by atoms with Crippen LogP contribution in [0.5, 0.6) is 5.75 Å². The molecule has 156 valence electrons. The first kappa shape index (κ1) is 19.1. The van der Waals surface area contributed by atoms with E-state index in [0.717, 1.165) is 44.1 Å². The lowest BCUT2D eigenvalue weighted by atomic mass is 9.88. The summed E-state index contributed by atoms with van der Waals surface area (Å²) in [5.74, 6) is 1.89. The number of rotatable bonds is 8. The number of carbonyl (C=O) groups is 1. The third-order valence-corrected chi connectivity index (χ3v) is 6.50. The number of likely N-dealkylation sites (tertiary alicyclic amines) is 1. The van der Waals surface area contributed by atoms with Crippen LogP contribution in [0.3, 0.4) is 0 Å². The monoisotopic (exact) mass is 398 g/mol. The van der Waals surface area contributed by atoms with Crippen molar-refractivity contribution in [3.05, 3.63) is 41.7 Å². The highest BCUT2D eigenvalue weighted by molar-refractivity contribution is 5.94. The summed E-state index contributed by atoms with van der Waals surface area (Å²) >= 11 is 0. The molecule has 6 nitrogen and oxygen atoms in total. The molecule has 1 saturated heterocycles. The van der Waals surface area contributed by atoms with Gasteiger partial charge in [0, 0.05) is 32.2 Å². The summed E-state index contributed by atoms with van der Waals surface area (Å²) in [6, 6.07) is 8.40. The molecule has 2 saturated carbocycles. The lowest BCUT2D eigenvalue weighted by molar-refractivity contribution is -0.136. The molecule has 1 aromatic rings. The zero-order valence-electron chi connectivity index (χ0n) is 17.0. The molecule has 5 rings (SSSR count). The Morgan fingerprint density at radius 1 is 1.17 bits per heavy atom. The molecule has 1 amide bonds. The number of amides is 1. The Kier molecular flexibility index (Phi) is 4.88. The normalized spacial score (nSPS) is 28.7. The molecule has 0 atom stereocenters. The van der Waals surface area contributed by atoms with Gasteiger partial charge in [0.05, 0.1) is 18.3 Å². The third kappa shape index (κ3) is 4.20. The van der Waals surface area contributed by atoms with Gasteiger partial charge in [0.15, 0.2) is 5.76 Å². The Balaban J connectivity index is 1.03. The van der Waals surface area contributed by atoms with E-state index in [9.17, 15) is 9.90 Å². The van der Waals surface area contributed by atoms with Crippen LogP contribution < -0.4 is 4.74 Å². The van der Waals surface area contributed by atoms with E-state index in [4.69, 9.17) is 9.47 Å². The summed E-state index contributed by atoms with van der Waals surface area (Å²) in [5.41, 5.74) is 0.842. The molecule has 2 heterocycles. The van der Waals surface area contributed by atoms with Crippen molar-refractivity contribution in [2.24, 2.45) is 0 Å². The van der Waals surface area contributed by atoms with Crippen molar-refractivity contribution in [3.8, 4) is 5.75 Å². The van der Waals surface area contributed by atoms with E-state index < -0.39 is 5.60 Å². The van der Waals surface area contributed by atoms with Gasteiger partial charge in [-0.1, -0.05) is 12.1 Å². The SMILES string of the molecule is CC1(O)CN(CCO[C@H]2C[C@@H](N3CC=C(Oc4ccc(C5CC5)cc4)C3=O)C2)C1. The maximum atomic E-state index is 12.7. The topological polar surface area (TPSA) is 62.2 Å². The minimum atomic E-state index is -0.524. The minimum absolute atomic E-state index is 0.0115. The van der Waals surface area contributed by atoms with Gasteiger partial charge in [-0.05, 0) is 62.3 Å². The first-order valence-corrected chi connectivity index (χ1v) is 10.8. The number of hydrogen-bond donors (Lipinski definition) is 1. The highest BCUT2D eigenvalue weighted by atomic mass is 16.5. The molecular weight excluding hydrogens is 368 g/mol. The summed E-state index contributed by atoms with van der Waals surface area (Å²) in [4.78, 5) is 16.8.